The fraction of sp³-hybridized carbons (Fsp3) is 0.429. The fourth-order valence-corrected chi connectivity index (χ4v) is 3.09. The lowest BCUT2D eigenvalue weighted by molar-refractivity contribution is 0.288. The minimum atomic E-state index is -3.51. The van der Waals surface area contributed by atoms with Gasteiger partial charge in [-0.15, -0.1) is 6.42 Å². The SMILES string of the molecule is C#CCN(CC)S(=O)(=O)c1ccc(CCCO)cc1. The Morgan fingerprint density at radius 3 is 2.42 bits per heavy atom. The summed E-state index contributed by atoms with van der Waals surface area (Å²) < 4.78 is 25.8. The van der Waals surface area contributed by atoms with E-state index in [1.165, 1.54) is 4.31 Å². The molecule has 0 aromatic heterocycles. The second-order valence-electron chi connectivity index (χ2n) is 4.11. The Hall–Kier alpha value is -1.35. The number of aryl methyl sites for hydroxylation is 1. The van der Waals surface area contributed by atoms with Gasteiger partial charge in [0.25, 0.3) is 0 Å². The Balaban J connectivity index is 2.93. The van der Waals surface area contributed by atoms with Crippen LogP contribution in [0.3, 0.4) is 0 Å². The van der Waals surface area contributed by atoms with Crippen molar-refractivity contribution >= 4 is 10.0 Å². The lowest BCUT2D eigenvalue weighted by Gasteiger charge is -2.17. The van der Waals surface area contributed by atoms with Gasteiger partial charge in [0.1, 0.15) is 0 Å². The molecule has 0 fully saturated rings. The second-order valence-corrected chi connectivity index (χ2v) is 6.04. The molecule has 19 heavy (non-hydrogen) atoms. The summed E-state index contributed by atoms with van der Waals surface area (Å²) >= 11 is 0. The summed E-state index contributed by atoms with van der Waals surface area (Å²) in [7, 11) is -3.51. The molecule has 0 aliphatic carbocycles. The summed E-state index contributed by atoms with van der Waals surface area (Å²) in [5.74, 6) is 2.35. The maximum absolute atomic E-state index is 12.3. The van der Waals surface area contributed by atoms with Crippen LogP contribution in [0.5, 0.6) is 0 Å². The highest BCUT2D eigenvalue weighted by Gasteiger charge is 2.21. The quantitative estimate of drug-likeness (QED) is 0.765. The van der Waals surface area contributed by atoms with Crippen LogP contribution in [0.15, 0.2) is 29.2 Å². The molecule has 0 amide bonds. The monoisotopic (exact) mass is 281 g/mol. The van der Waals surface area contributed by atoms with E-state index in [2.05, 4.69) is 5.92 Å². The van der Waals surface area contributed by atoms with Crippen LogP contribution in [-0.4, -0.2) is 37.5 Å². The Labute approximate surface area is 115 Å². The predicted octanol–water partition coefficient (Wildman–Crippen LogP) is 1.26. The van der Waals surface area contributed by atoms with Gasteiger partial charge in [-0.2, -0.15) is 4.31 Å². The van der Waals surface area contributed by atoms with E-state index >= 15 is 0 Å². The maximum atomic E-state index is 12.3. The normalized spacial score (nSPS) is 11.5. The fourth-order valence-electron chi connectivity index (χ4n) is 1.73. The number of benzene rings is 1. The standard InChI is InChI=1S/C14H19NO3S/c1-3-11-15(4-2)19(17,18)14-9-7-13(8-10-14)6-5-12-16/h1,7-10,16H,4-6,11-12H2,2H3. The van der Waals surface area contributed by atoms with Crippen LogP contribution in [0.1, 0.15) is 18.9 Å². The summed E-state index contributed by atoms with van der Waals surface area (Å²) in [5.41, 5.74) is 1.01. The van der Waals surface area contributed by atoms with Crippen LogP contribution in [0.25, 0.3) is 0 Å². The average molecular weight is 281 g/mol. The van der Waals surface area contributed by atoms with E-state index in [4.69, 9.17) is 11.5 Å². The van der Waals surface area contributed by atoms with Gasteiger partial charge in [-0.1, -0.05) is 25.0 Å². The summed E-state index contributed by atoms with van der Waals surface area (Å²) in [4.78, 5) is 0.248. The summed E-state index contributed by atoms with van der Waals surface area (Å²) in [6.07, 6.45) is 6.58. The van der Waals surface area contributed by atoms with Crippen LogP contribution < -0.4 is 0 Å². The molecule has 0 heterocycles. The number of nitrogens with zero attached hydrogens (tertiary/aromatic N) is 1. The molecule has 4 nitrogen and oxygen atoms in total. The molecule has 5 heteroatoms. The van der Waals surface area contributed by atoms with E-state index in [0.717, 1.165) is 12.0 Å². The van der Waals surface area contributed by atoms with Crippen molar-refractivity contribution in [3.63, 3.8) is 0 Å². The Morgan fingerprint density at radius 1 is 1.32 bits per heavy atom. The van der Waals surface area contributed by atoms with E-state index in [1.807, 2.05) is 0 Å². The highest BCUT2D eigenvalue weighted by Crippen LogP contribution is 2.16. The van der Waals surface area contributed by atoms with Gasteiger partial charge in [0.05, 0.1) is 11.4 Å². The summed E-state index contributed by atoms with van der Waals surface area (Å²) in [6.45, 7) is 2.31. The van der Waals surface area contributed by atoms with Gasteiger partial charge in [-0.25, -0.2) is 8.42 Å². The van der Waals surface area contributed by atoms with Crippen molar-refractivity contribution in [1.82, 2.24) is 4.31 Å². The molecule has 0 atom stereocenters. The van der Waals surface area contributed by atoms with Gasteiger partial charge in [0.2, 0.25) is 10.0 Å². The zero-order valence-corrected chi connectivity index (χ0v) is 11.9. The van der Waals surface area contributed by atoms with Gasteiger partial charge >= 0.3 is 0 Å². The molecule has 0 unspecified atom stereocenters. The molecule has 1 aromatic rings. The molecule has 1 aromatic carbocycles. The number of sulfonamides is 1. The van der Waals surface area contributed by atoms with Crippen molar-refractivity contribution in [1.29, 1.82) is 0 Å². The highest BCUT2D eigenvalue weighted by atomic mass is 32.2. The van der Waals surface area contributed by atoms with E-state index < -0.39 is 10.0 Å². The minimum Gasteiger partial charge on any atom is -0.396 e. The van der Waals surface area contributed by atoms with Gasteiger partial charge in [0, 0.05) is 13.2 Å². The molecule has 0 saturated heterocycles. The third-order valence-corrected chi connectivity index (χ3v) is 4.74. The van der Waals surface area contributed by atoms with Crippen LogP contribution in [0, 0.1) is 12.3 Å². The van der Waals surface area contributed by atoms with Crippen LogP contribution in [0.2, 0.25) is 0 Å². The molecular weight excluding hydrogens is 262 g/mol. The maximum Gasteiger partial charge on any atom is 0.243 e. The zero-order valence-electron chi connectivity index (χ0n) is 11.0. The van der Waals surface area contributed by atoms with Crippen LogP contribution in [-0.2, 0) is 16.4 Å². The molecule has 1 N–H and O–H groups in total. The first kappa shape index (κ1) is 15.7. The topological polar surface area (TPSA) is 57.6 Å². The van der Waals surface area contributed by atoms with Crippen LogP contribution in [0.4, 0.5) is 0 Å². The van der Waals surface area contributed by atoms with Crippen molar-refractivity contribution in [3.05, 3.63) is 29.8 Å². The number of hydrogen-bond donors (Lipinski definition) is 1. The Morgan fingerprint density at radius 2 is 1.95 bits per heavy atom. The van der Waals surface area contributed by atoms with Crippen molar-refractivity contribution < 1.29 is 13.5 Å². The number of rotatable bonds is 7. The number of terminal acetylenes is 1. The van der Waals surface area contributed by atoms with Crippen LogP contribution >= 0.6 is 0 Å². The van der Waals surface area contributed by atoms with Gasteiger partial charge < -0.3 is 5.11 Å². The Bertz CT molecular complexity index is 529. The predicted molar refractivity (Wildman–Crippen MR) is 75.1 cm³/mol. The number of aliphatic hydroxyl groups is 1. The molecule has 0 spiro atoms. The lowest BCUT2D eigenvalue weighted by Crippen LogP contribution is -2.31. The van der Waals surface area contributed by atoms with Gasteiger partial charge in [0.15, 0.2) is 0 Å². The first-order valence-electron chi connectivity index (χ1n) is 6.19. The van der Waals surface area contributed by atoms with E-state index in [1.54, 1.807) is 31.2 Å². The average Bonchev–Trinajstić information content (AvgIpc) is 2.42. The molecular formula is C14H19NO3S. The highest BCUT2D eigenvalue weighted by molar-refractivity contribution is 7.89. The molecule has 0 radical (unpaired) electrons. The molecule has 104 valence electrons. The van der Waals surface area contributed by atoms with E-state index in [9.17, 15) is 8.42 Å². The minimum absolute atomic E-state index is 0.0745. The molecule has 0 saturated carbocycles. The first-order chi connectivity index (χ1) is 9.06. The summed E-state index contributed by atoms with van der Waals surface area (Å²) in [6, 6.07) is 6.71. The molecule has 0 aliphatic heterocycles. The lowest BCUT2D eigenvalue weighted by atomic mass is 10.1. The first-order valence-corrected chi connectivity index (χ1v) is 7.63. The van der Waals surface area contributed by atoms with Crippen molar-refractivity contribution in [3.8, 4) is 12.3 Å². The smallest absolute Gasteiger partial charge is 0.243 e. The third-order valence-electron chi connectivity index (χ3n) is 2.81. The molecule has 0 aliphatic rings. The zero-order chi connectivity index (χ0) is 14.3. The van der Waals surface area contributed by atoms with E-state index in [0.29, 0.717) is 13.0 Å². The van der Waals surface area contributed by atoms with Gasteiger partial charge in [-0.05, 0) is 30.5 Å². The van der Waals surface area contributed by atoms with Crippen molar-refractivity contribution in [2.24, 2.45) is 0 Å². The second kappa shape index (κ2) is 7.29. The van der Waals surface area contributed by atoms with Gasteiger partial charge in [-0.3, -0.25) is 0 Å². The summed E-state index contributed by atoms with van der Waals surface area (Å²) in [5, 5.41) is 8.75. The molecule has 1 rings (SSSR count). The number of aliphatic hydroxyl groups excluding tert-OH is 1. The Kier molecular flexibility index (Phi) is 6.03. The number of hydrogen-bond acceptors (Lipinski definition) is 3. The largest absolute Gasteiger partial charge is 0.396 e. The van der Waals surface area contributed by atoms with E-state index in [-0.39, 0.29) is 18.0 Å². The van der Waals surface area contributed by atoms with Crippen molar-refractivity contribution in [2.75, 3.05) is 19.7 Å². The third kappa shape index (κ3) is 4.06. The van der Waals surface area contributed by atoms with Crippen molar-refractivity contribution in [2.45, 2.75) is 24.7 Å². The molecule has 0 bridgehead atoms.